The molecule has 2 aliphatic rings. The molecule has 8 heteroatoms. The van der Waals surface area contributed by atoms with Crippen molar-refractivity contribution in [1.82, 2.24) is 16.0 Å². The van der Waals surface area contributed by atoms with Gasteiger partial charge in [-0.3, -0.25) is 9.20 Å². The van der Waals surface area contributed by atoms with Gasteiger partial charge in [0.1, 0.15) is 0 Å². The van der Waals surface area contributed by atoms with Gasteiger partial charge in [-0.05, 0) is 44.6 Å². The van der Waals surface area contributed by atoms with Crippen LogP contribution in [-0.2, 0) is 15.5 Å². The van der Waals surface area contributed by atoms with E-state index in [1.54, 1.807) is 0 Å². The lowest BCUT2D eigenvalue weighted by Crippen LogP contribution is -2.59. The number of halogens is 1. The molecular formula is C24H41IN4O2S. The van der Waals surface area contributed by atoms with Crippen LogP contribution in [0.25, 0.3) is 0 Å². The molecule has 1 aromatic carbocycles. The summed E-state index contributed by atoms with van der Waals surface area (Å²) >= 11 is 0. The first-order chi connectivity index (χ1) is 15.0. The molecule has 3 rings (SSSR count). The van der Waals surface area contributed by atoms with Gasteiger partial charge in [-0.25, -0.2) is 0 Å². The molecule has 1 aromatic rings. The van der Waals surface area contributed by atoms with Crippen LogP contribution in [0.5, 0.6) is 0 Å². The SMILES string of the molecule is CCS(=O)C1CCCC(NC(=NC)NCC2(NC(C)c3ccccc3)CCOCC2)C1.I. The van der Waals surface area contributed by atoms with Gasteiger partial charge in [0.25, 0.3) is 0 Å². The molecule has 0 bridgehead atoms. The summed E-state index contributed by atoms with van der Waals surface area (Å²) < 4.78 is 17.9. The Labute approximate surface area is 213 Å². The molecule has 4 unspecified atom stereocenters. The van der Waals surface area contributed by atoms with Gasteiger partial charge in [0.2, 0.25) is 0 Å². The van der Waals surface area contributed by atoms with E-state index in [0.717, 1.165) is 70.0 Å². The molecular weight excluding hydrogens is 535 g/mol. The van der Waals surface area contributed by atoms with Crippen LogP contribution >= 0.6 is 24.0 Å². The van der Waals surface area contributed by atoms with Crippen molar-refractivity contribution in [1.29, 1.82) is 0 Å². The number of ether oxygens (including phenoxy) is 1. The van der Waals surface area contributed by atoms with Gasteiger partial charge in [-0.15, -0.1) is 24.0 Å². The lowest BCUT2D eigenvalue weighted by molar-refractivity contribution is 0.0354. The van der Waals surface area contributed by atoms with E-state index in [-0.39, 0.29) is 35.6 Å². The average Bonchev–Trinajstić information content (AvgIpc) is 2.82. The average molecular weight is 577 g/mol. The Kier molecular flexibility index (Phi) is 11.9. The Balaban J connectivity index is 0.00000363. The Hall–Kier alpha value is -0.710. The minimum Gasteiger partial charge on any atom is -0.381 e. The van der Waals surface area contributed by atoms with Crippen LogP contribution in [0, 0.1) is 0 Å². The van der Waals surface area contributed by atoms with Crippen LogP contribution in [0.15, 0.2) is 35.3 Å². The molecule has 4 atom stereocenters. The monoisotopic (exact) mass is 576 g/mol. The highest BCUT2D eigenvalue weighted by atomic mass is 127. The molecule has 32 heavy (non-hydrogen) atoms. The molecule has 1 aliphatic heterocycles. The quantitative estimate of drug-likeness (QED) is 0.250. The van der Waals surface area contributed by atoms with Gasteiger partial charge >= 0.3 is 0 Å². The van der Waals surface area contributed by atoms with Crippen molar-refractivity contribution in [2.75, 3.05) is 32.6 Å². The van der Waals surface area contributed by atoms with Crippen LogP contribution in [-0.4, -0.2) is 59.6 Å². The number of nitrogens with zero attached hydrogens (tertiary/aromatic N) is 1. The molecule has 3 N–H and O–H groups in total. The van der Waals surface area contributed by atoms with Gasteiger partial charge in [-0.1, -0.05) is 43.7 Å². The number of guanidine groups is 1. The van der Waals surface area contributed by atoms with Crippen LogP contribution in [0.3, 0.4) is 0 Å². The number of benzene rings is 1. The van der Waals surface area contributed by atoms with Crippen molar-refractivity contribution in [3.05, 3.63) is 35.9 Å². The second-order valence-electron chi connectivity index (χ2n) is 8.89. The minimum absolute atomic E-state index is 0. The first-order valence-corrected chi connectivity index (χ1v) is 13.2. The number of nitrogens with one attached hydrogen (secondary N) is 3. The first kappa shape index (κ1) is 27.5. The normalized spacial score (nSPS) is 25.3. The van der Waals surface area contributed by atoms with Crippen molar-refractivity contribution in [2.24, 2.45) is 4.99 Å². The van der Waals surface area contributed by atoms with Crippen molar-refractivity contribution in [2.45, 2.75) is 75.2 Å². The molecule has 182 valence electrons. The largest absolute Gasteiger partial charge is 0.381 e. The van der Waals surface area contributed by atoms with Gasteiger partial charge in [0.15, 0.2) is 5.96 Å². The number of hydrogen-bond donors (Lipinski definition) is 3. The fourth-order valence-electron chi connectivity index (χ4n) is 4.81. The zero-order valence-electron chi connectivity index (χ0n) is 19.8. The molecule has 0 spiro atoms. The molecule has 0 amide bonds. The summed E-state index contributed by atoms with van der Waals surface area (Å²) in [5.74, 6) is 1.59. The Bertz CT molecular complexity index is 728. The third-order valence-corrected chi connectivity index (χ3v) is 8.45. The highest BCUT2D eigenvalue weighted by molar-refractivity contribution is 14.0. The number of hydrogen-bond acceptors (Lipinski definition) is 4. The van der Waals surface area contributed by atoms with Crippen molar-refractivity contribution in [3.8, 4) is 0 Å². The maximum atomic E-state index is 12.3. The lowest BCUT2D eigenvalue weighted by Gasteiger charge is -2.41. The maximum Gasteiger partial charge on any atom is 0.191 e. The summed E-state index contributed by atoms with van der Waals surface area (Å²) in [6.07, 6.45) is 6.21. The number of rotatable bonds is 8. The molecule has 1 saturated heterocycles. The van der Waals surface area contributed by atoms with Crippen LogP contribution in [0.4, 0.5) is 0 Å². The van der Waals surface area contributed by atoms with E-state index in [0.29, 0.717) is 11.3 Å². The van der Waals surface area contributed by atoms with Crippen LogP contribution in [0.1, 0.15) is 64.0 Å². The maximum absolute atomic E-state index is 12.3. The first-order valence-electron chi connectivity index (χ1n) is 11.8. The van der Waals surface area contributed by atoms with E-state index in [1.165, 1.54) is 5.56 Å². The van der Waals surface area contributed by atoms with Crippen molar-refractivity contribution < 1.29 is 8.95 Å². The fourth-order valence-corrected chi connectivity index (χ4v) is 6.16. The third-order valence-electron chi connectivity index (χ3n) is 6.71. The number of aliphatic imine (C=N–C) groups is 1. The summed E-state index contributed by atoms with van der Waals surface area (Å²) in [6.45, 7) is 6.59. The van der Waals surface area contributed by atoms with Gasteiger partial charge in [-0.2, -0.15) is 0 Å². The second-order valence-corrected chi connectivity index (χ2v) is 10.9. The standard InChI is InChI=1S/C24H40N4O2S.HI/c1-4-31(29)22-12-8-11-21(17-22)27-23(25-3)26-18-24(13-15-30-16-14-24)28-19(2)20-9-6-5-7-10-20;/h5-7,9-10,19,21-22,28H,4,8,11-18H2,1-3H3,(H2,25,26,27);1H. The summed E-state index contributed by atoms with van der Waals surface area (Å²) in [5, 5.41) is 11.4. The summed E-state index contributed by atoms with van der Waals surface area (Å²) in [4.78, 5) is 4.48. The second kappa shape index (κ2) is 13.9. The third kappa shape index (κ3) is 7.95. The topological polar surface area (TPSA) is 74.8 Å². The summed E-state index contributed by atoms with van der Waals surface area (Å²) in [5.41, 5.74) is 1.26. The molecule has 1 saturated carbocycles. The highest BCUT2D eigenvalue weighted by Gasteiger charge is 2.34. The smallest absolute Gasteiger partial charge is 0.191 e. The molecule has 6 nitrogen and oxygen atoms in total. The summed E-state index contributed by atoms with van der Waals surface area (Å²) in [6, 6.07) is 11.2. The van der Waals surface area contributed by atoms with E-state index < -0.39 is 10.8 Å². The van der Waals surface area contributed by atoms with Gasteiger partial charge in [0, 0.05) is 66.2 Å². The Morgan fingerprint density at radius 2 is 1.97 bits per heavy atom. The predicted octanol–water partition coefficient (Wildman–Crippen LogP) is 3.75. The van der Waals surface area contributed by atoms with E-state index in [9.17, 15) is 4.21 Å². The molecule has 1 heterocycles. The zero-order valence-corrected chi connectivity index (χ0v) is 22.9. The Morgan fingerprint density at radius 1 is 1.25 bits per heavy atom. The van der Waals surface area contributed by atoms with E-state index >= 15 is 0 Å². The van der Waals surface area contributed by atoms with E-state index in [4.69, 9.17) is 4.74 Å². The minimum atomic E-state index is -0.714. The fraction of sp³-hybridized carbons (Fsp3) is 0.708. The van der Waals surface area contributed by atoms with Crippen LogP contribution in [0.2, 0.25) is 0 Å². The molecule has 1 aliphatic carbocycles. The molecule has 0 radical (unpaired) electrons. The van der Waals surface area contributed by atoms with E-state index in [2.05, 4.69) is 58.2 Å². The van der Waals surface area contributed by atoms with E-state index in [1.807, 2.05) is 14.0 Å². The lowest BCUT2D eigenvalue weighted by atomic mass is 9.88. The Morgan fingerprint density at radius 3 is 2.62 bits per heavy atom. The molecule has 2 fully saturated rings. The summed E-state index contributed by atoms with van der Waals surface area (Å²) in [7, 11) is 1.12. The van der Waals surface area contributed by atoms with Gasteiger partial charge in [0.05, 0.1) is 0 Å². The van der Waals surface area contributed by atoms with Crippen molar-refractivity contribution in [3.63, 3.8) is 0 Å². The predicted molar refractivity (Wildman–Crippen MR) is 145 cm³/mol. The van der Waals surface area contributed by atoms with Crippen molar-refractivity contribution >= 4 is 40.7 Å². The van der Waals surface area contributed by atoms with Gasteiger partial charge < -0.3 is 20.7 Å². The molecule has 0 aromatic heterocycles. The van der Waals surface area contributed by atoms with Crippen LogP contribution < -0.4 is 16.0 Å². The zero-order chi connectivity index (χ0) is 22.1. The highest BCUT2D eigenvalue weighted by Crippen LogP contribution is 2.26.